The van der Waals surface area contributed by atoms with Gasteiger partial charge in [-0.3, -0.25) is 4.79 Å². The topological polar surface area (TPSA) is 31.2 Å². The molecule has 0 atom stereocenters. The average molecular weight is 221 g/mol. The Morgan fingerprint density at radius 3 is 2.67 bits per heavy atom. The molecule has 2 aromatic rings. The number of nitrogens with zero attached hydrogens (tertiary/aromatic N) is 1. The summed E-state index contributed by atoms with van der Waals surface area (Å²) in [5.41, 5.74) is 1.11. The van der Waals surface area contributed by atoms with Gasteiger partial charge < -0.3 is 4.74 Å². The monoisotopic (exact) mass is 221 g/mol. The lowest BCUT2D eigenvalue weighted by molar-refractivity contribution is 0.0688. The van der Waals surface area contributed by atoms with E-state index in [9.17, 15) is 4.79 Å². The van der Waals surface area contributed by atoms with Gasteiger partial charge in [0.05, 0.1) is 6.61 Å². The van der Waals surface area contributed by atoms with E-state index in [2.05, 4.69) is 0 Å². The lowest BCUT2D eigenvalue weighted by Gasteiger charge is -2.03. The summed E-state index contributed by atoms with van der Waals surface area (Å²) in [6.45, 7) is 0.858. The fraction of sp³-hybridized carbons (Fsp3) is 0.182. The zero-order valence-corrected chi connectivity index (χ0v) is 8.94. The van der Waals surface area contributed by atoms with Crippen molar-refractivity contribution in [1.29, 1.82) is 0 Å². The van der Waals surface area contributed by atoms with E-state index in [1.165, 1.54) is 17.6 Å². The van der Waals surface area contributed by atoms with Gasteiger partial charge in [-0.15, -0.1) is 0 Å². The second-order valence-corrected chi connectivity index (χ2v) is 4.01. The Bertz CT molecular complexity index is 461. The van der Waals surface area contributed by atoms with Crippen LogP contribution in [0.2, 0.25) is 0 Å². The van der Waals surface area contributed by atoms with Crippen LogP contribution in [0.25, 0.3) is 0 Å². The van der Waals surface area contributed by atoms with Gasteiger partial charge in [-0.2, -0.15) is 0 Å². The van der Waals surface area contributed by atoms with Crippen LogP contribution in [0, 0.1) is 0 Å². The summed E-state index contributed by atoms with van der Waals surface area (Å²) in [6.07, 6.45) is 0. The van der Waals surface area contributed by atoms with Crippen molar-refractivity contribution >= 4 is 11.5 Å². The molecule has 0 fully saturated rings. The summed E-state index contributed by atoms with van der Waals surface area (Å²) in [7, 11) is 0. The van der Waals surface area contributed by atoms with Crippen LogP contribution in [0.1, 0.15) is 5.56 Å². The van der Waals surface area contributed by atoms with E-state index >= 15 is 0 Å². The van der Waals surface area contributed by atoms with Crippen molar-refractivity contribution in [3.8, 4) is 0 Å². The van der Waals surface area contributed by atoms with Gasteiger partial charge in [-0.05, 0) is 5.56 Å². The maximum atomic E-state index is 11.2. The summed E-state index contributed by atoms with van der Waals surface area (Å²) >= 11 is 1.36. The van der Waals surface area contributed by atoms with Crippen LogP contribution in [0.15, 0.2) is 46.6 Å². The van der Waals surface area contributed by atoms with Crippen molar-refractivity contribution in [3.05, 3.63) is 57.7 Å². The molecule has 0 saturated heterocycles. The third-order valence-corrected chi connectivity index (χ3v) is 2.76. The zero-order valence-electron chi connectivity index (χ0n) is 8.13. The first-order valence-corrected chi connectivity index (χ1v) is 5.46. The summed E-state index contributed by atoms with van der Waals surface area (Å²) in [4.78, 5) is 11.2. The van der Waals surface area contributed by atoms with E-state index in [0.717, 1.165) is 5.56 Å². The molecule has 0 unspecified atom stereocenters. The third-order valence-electron chi connectivity index (χ3n) is 1.96. The summed E-state index contributed by atoms with van der Waals surface area (Å²) in [5.74, 6) is 0. The standard InChI is InChI=1S/C11H11NO2S/c13-11-6-7-15-12(11)9-14-8-10-4-2-1-3-5-10/h1-7H,8-9H2. The Morgan fingerprint density at radius 1 is 1.20 bits per heavy atom. The second kappa shape index (κ2) is 4.91. The third kappa shape index (κ3) is 2.78. The Hall–Kier alpha value is -1.39. The van der Waals surface area contributed by atoms with Crippen LogP contribution >= 0.6 is 11.5 Å². The molecule has 0 bridgehead atoms. The van der Waals surface area contributed by atoms with Crippen molar-refractivity contribution in [2.75, 3.05) is 0 Å². The van der Waals surface area contributed by atoms with Crippen molar-refractivity contribution in [2.24, 2.45) is 0 Å². The van der Waals surface area contributed by atoms with Crippen LogP contribution in [-0.2, 0) is 18.1 Å². The molecular weight excluding hydrogens is 210 g/mol. The molecular formula is C11H11NO2S. The molecule has 0 aliphatic heterocycles. The highest BCUT2D eigenvalue weighted by molar-refractivity contribution is 7.04. The van der Waals surface area contributed by atoms with E-state index in [1.54, 1.807) is 9.34 Å². The minimum absolute atomic E-state index is 0.00642. The number of aromatic nitrogens is 1. The predicted molar refractivity (Wildman–Crippen MR) is 59.8 cm³/mol. The van der Waals surface area contributed by atoms with Gasteiger partial charge in [-0.25, -0.2) is 3.96 Å². The summed E-state index contributed by atoms with van der Waals surface area (Å²) < 4.78 is 6.99. The van der Waals surface area contributed by atoms with Crippen LogP contribution in [0.4, 0.5) is 0 Å². The van der Waals surface area contributed by atoms with Crippen LogP contribution in [0.5, 0.6) is 0 Å². The van der Waals surface area contributed by atoms with Gasteiger partial charge in [0.25, 0.3) is 5.56 Å². The van der Waals surface area contributed by atoms with Crippen LogP contribution < -0.4 is 5.56 Å². The first kappa shape index (κ1) is 10.1. The molecule has 1 aromatic heterocycles. The highest BCUT2D eigenvalue weighted by atomic mass is 32.1. The normalized spacial score (nSPS) is 10.4. The number of hydrogen-bond donors (Lipinski definition) is 0. The lowest BCUT2D eigenvalue weighted by Crippen LogP contribution is -2.13. The van der Waals surface area contributed by atoms with Gasteiger partial charge in [0.1, 0.15) is 6.73 Å². The molecule has 0 aliphatic carbocycles. The molecule has 0 amide bonds. The maximum Gasteiger partial charge on any atom is 0.262 e. The molecule has 0 aliphatic rings. The molecule has 4 heteroatoms. The van der Waals surface area contributed by atoms with Crippen molar-refractivity contribution < 1.29 is 4.74 Å². The van der Waals surface area contributed by atoms with E-state index in [1.807, 2.05) is 30.3 Å². The Balaban J connectivity index is 1.86. The number of hydrogen-bond acceptors (Lipinski definition) is 3. The van der Waals surface area contributed by atoms with E-state index in [0.29, 0.717) is 13.3 Å². The minimum Gasteiger partial charge on any atom is -0.355 e. The van der Waals surface area contributed by atoms with E-state index in [4.69, 9.17) is 4.74 Å². The van der Waals surface area contributed by atoms with Gasteiger partial charge in [0.2, 0.25) is 0 Å². The summed E-state index contributed by atoms with van der Waals surface area (Å²) in [6, 6.07) is 11.4. The molecule has 1 aromatic carbocycles. The van der Waals surface area contributed by atoms with Crippen molar-refractivity contribution in [1.82, 2.24) is 3.96 Å². The number of benzene rings is 1. The molecule has 3 nitrogen and oxygen atoms in total. The first-order valence-electron chi connectivity index (χ1n) is 4.63. The minimum atomic E-state index is -0.00642. The Labute approximate surface area is 91.7 Å². The predicted octanol–water partition coefficient (Wildman–Crippen LogP) is 2.08. The largest absolute Gasteiger partial charge is 0.355 e. The van der Waals surface area contributed by atoms with Gasteiger partial charge >= 0.3 is 0 Å². The highest BCUT2D eigenvalue weighted by Gasteiger charge is 1.96. The Kier molecular flexibility index (Phi) is 3.32. The molecule has 2 rings (SSSR count). The second-order valence-electron chi connectivity index (χ2n) is 3.09. The van der Waals surface area contributed by atoms with E-state index in [-0.39, 0.29) is 5.56 Å². The van der Waals surface area contributed by atoms with Gasteiger partial charge in [-0.1, -0.05) is 41.9 Å². The molecule has 0 spiro atoms. The Morgan fingerprint density at radius 2 is 2.00 bits per heavy atom. The quantitative estimate of drug-likeness (QED) is 0.791. The molecule has 0 radical (unpaired) electrons. The molecule has 0 N–H and O–H groups in total. The lowest BCUT2D eigenvalue weighted by atomic mass is 10.2. The van der Waals surface area contributed by atoms with E-state index < -0.39 is 0 Å². The van der Waals surface area contributed by atoms with Crippen LogP contribution in [-0.4, -0.2) is 3.96 Å². The highest BCUT2D eigenvalue weighted by Crippen LogP contribution is 2.01. The maximum absolute atomic E-state index is 11.2. The number of ether oxygens (including phenoxy) is 1. The molecule has 15 heavy (non-hydrogen) atoms. The van der Waals surface area contributed by atoms with Crippen LogP contribution in [0.3, 0.4) is 0 Å². The SMILES string of the molecule is O=c1ccsn1COCc1ccccc1. The van der Waals surface area contributed by atoms with Gasteiger partial charge in [0.15, 0.2) is 0 Å². The van der Waals surface area contributed by atoms with Crippen molar-refractivity contribution in [2.45, 2.75) is 13.3 Å². The van der Waals surface area contributed by atoms with Crippen molar-refractivity contribution in [3.63, 3.8) is 0 Å². The van der Waals surface area contributed by atoms with Gasteiger partial charge in [0, 0.05) is 11.4 Å². The first-order chi connectivity index (χ1) is 7.36. The fourth-order valence-electron chi connectivity index (χ4n) is 1.21. The molecule has 1 heterocycles. The number of rotatable bonds is 4. The smallest absolute Gasteiger partial charge is 0.262 e. The molecule has 78 valence electrons. The molecule has 0 saturated carbocycles. The average Bonchev–Trinajstić information content (AvgIpc) is 2.66. The zero-order chi connectivity index (χ0) is 10.5. The summed E-state index contributed by atoms with van der Waals surface area (Å²) in [5, 5.41) is 1.76. The fourth-order valence-corrected chi connectivity index (χ4v) is 1.84.